The molecule has 19 heavy (non-hydrogen) atoms. The van der Waals surface area contributed by atoms with Gasteiger partial charge in [-0.05, 0) is 6.92 Å². The number of rotatable bonds is 5. The molecule has 1 aliphatic rings. The molecule has 0 bridgehead atoms. The summed E-state index contributed by atoms with van der Waals surface area (Å²) in [5.74, 6) is -2.84. The lowest BCUT2D eigenvalue weighted by Gasteiger charge is -2.12. The fraction of sp³-hybridized carbons (Fsp3) is 0.583. The standard InChI is InChI=1S/C12H17NO6/c1-4-18-11(16)7(2)6-19-12(17)8-5-13(3)10(15)9(8)14/h8-9,14H,2,4-6H2,1,3H3. The number of aliphatic hydroxyl groups excluding tert-OH is 1. The van der Waals surface area contributed by atoms with E-state index < -0.39 is 29.9 Å². The van der Waals surface area contributed by atoms with Gasteiger partial charge < -0.3 is 19.5 Å². The quantitative estimate of drug-likeness (QED) is 0.514. The van der Waals surface area contributed by atoms with Gasteiger partial charge in [-0.2, -0.15) is 0 Å². The van der Waals surface area contributed by atoms with Gasteiger partial charge in [0.2, 0.25) is 0 Å². The highest BCUT2D eigenvalue weighted by atomic mass is 16.5. The summed E-state index contributed by atoms with van der Waals surface area (Å²) in [6.07, 6.45) is -1.40. The lowest BCUT2D eigenvalue weighted by molar-refractivity contribution is -0.152. The van der Waals surface area contributed by atoms with E-state index in [4.69, 9.17) is 4.74 Å². The molecule has 0 saturated carbocycles. The van der Waals surface area contributed by atoms with E-state index in [1.807, 2.05) is 0 Å². The molecule has 1 heterocycles. The Labute approximate surface area is 110 Å². The SMILES string of the molecule is C=C(COC(=O)C1CN(C)C(=O)C1O)C(=O)OCC. The first-order valence-electron chi connectivity index (χ1n) is 5.83. The Balaban J connectivity index is 2.46. The van der Waals surface area contributed by atoms with Gasteiger partial charge in [0.15, 0.2) is 0 Å². The second-order valence-corrected chi connectivity index (χ2v) is 4.20. The minimum atomic E-state index is -1.40. The molecule has 2 atom stereocenters. The Morgan fingerprint density at radius 3 is 2.58 bits per heavy atom. The van der Waals surface area contributed by atoms with Gasteiger partial charge in [0.05, 0.1) is 12.2 Å². The van der Waals surface area contributed by atoms with Crippen LogP contribution in [0.3, 0.4) is 0 Å². The number of aliphatic hydroxyl groups is 1. The van der Waals surface area contributed by atoms with E-state index in [1.54, 1.807) is 6.92 Å². The number of nitrogens with zero attached hydrogens (tertiary/aromatic N) is 1. The molecule has 106 valence electrons. The number of hydrogen-bond acceptors (Lipinski definition) is 6. The Morgan fingerprint density at radius 2 is 2.11 bits per heavy atom. The first kappa shape index (κ1) is 15.2. The van der Waals surface area contributed by atoms with Gasteiger partial charge in [-0.25, -0.2) is 4.79 Å². The molecule has 2 unspecified atom stereocenters. The number of likely N-dealkylation sites (N-methyl/N-ethyl adjacent to an activating group) is 1. The van der Waals surface area contributed by atoms with Crippen LogP contribution in [0.2, 0.25) is 0 Å². The van der Waals surface area contributed by atoms with Crippen LogP contribution in [-0.2, 0) is 23.9 Å². The fourth-order valence-electron chi connectivity index (χ4n) is 1.64. The molecule has 0 radical (unpaired) electrons. The van der Waals surface area contributed by atoms with Crippen LogP contribution in [0.4, 0.5) is 0 Å². The fourth-order valence-corrected chi connectivity index (χ4v) is 1.64. The number of ether oxygens (including phenoxy) is 2. The normalized spacial score (nSPS) is 22.3. The molecule has 1 rings (SSSR count). The Hall–Kier alpha value is -1.89. The molecule has 1 N–H and O–H groups in total. The van der Waals surface area contributed by atoms with Gasteiger partial charge in [0.25, 0.3) is 5.91 Å². The molecule has 1 aliphatic heterocycles. The van der Waals surface area contributed by atoms with Crippen molar-refractivity contribution in [2.45, 2.75) is 13.0 Å². The maximum Gasteiger partial charge on any atom is 0.336 e. The van der Waals surface area contributed by atoms with Crippen molar-refractivity contribution in [3.63, 3.8) is 0 Å². The lowest BCUT2D eigenvalue weighted by Crippen LogP contribution is -2.31. The molecule has 0 aromatic carbocycles. The van der Waals surface area contributed by atoms with Crippen molar-refractivity contribution < 1.29 is 29.0 Å². The van der Waals surface area contributed by atoms with E-state index in [2.05, 4.69) is 11.3 Å². The molecule has 0 aromatic rings. The average Bonchev–Trinajstić information content (AvgIpc) is 2.63. The van der Waals surface area contributed by atoms with Crippen LogP contribution in [-0.4, -0.2) is 60.8 Å². The second-order valence-electron chi connectivity index (χ2n) is 4.20. The molecule has 1 fully saturated rings. The van der Waals surface area contributed by atoms with Crippen LogP contribution < -0.4 is 0 Å². The molecule has 0 spiro atoms. The van der Waals surface area contributed by atoms with Crippen LogP contribution in [0.5, 0.6) is 0 Å². The van der Waals surface area contributed by atoms with Crippen molar-refractivity contribution >= 4 is 17.8 Å². The van der Waals surface area contributed by atoms with Gasteiger partial charge in [-0.15, -0.1) is 0 Å². The Morgan fingerprint density at radius 1 is 1.47 bits per heavy atom. The highest BCUT2D eigenvalue weighted by Gasteiger charge is 2.42. The van der Waals surface area contributed by atoms with Crippen LogP contribution >= 0.6 is 0 Å². The monoisotopic (exact) mass is 271 g/mol. The van der Waals surface area contributed by atoms with Crippen molar-refractivity contribution in [3.05, 3.63) is 12.2 Å². The lowest BCUT2D eigenvalue weighted by atomic mass is 10.1. The van der Waals surface area contributed by atoms with Crippen LogP contribution in [0.25, 0.3) is 0 Å². The zero-order valence-corrected chi connectivity index (χ0v) is 10.9. The Bertz CT molecular complexity index is 405. The van der Waals surface area contributed by atoms with Gasteiger partial charge in [0, 0.05) is 13.6 Å². The van der Waals surface area contributed by atoms with Crippen molar-refractivity contribution in [1.29, 1.82) is 0 Å². The smallest absolute Gasteiger partial charge is 0.336 e. The zero-order valence-electron chi connectivity index (χ0n) is 10.9. The van der Waals surface area contributed by atoms with Crippen LogP contribution in [0, 0.1) is 5.92 Å². The Kier molecular flexibility index (Phi) is 5.05. The van der Waals surface area contributed by atoms with E-state index >= 15 is 0 Å². The van der Waals surface area contributed by atoms with Gasteiger partial charge >= 0.3 is 11.9 Å². The third-order valence-corrected chi connectivity index (χ3v) is 2.74. The molecule has 1 amide bonds. The van der Waals surface area contributed by atoms with Crippen molar-refractivity contribution in [2.24, 2.45) is 5.92 Å². The molecule has 1 saturated heterocycles. The summed E-state index contributed by atoms with van der Waals surface area (Å²) in [4.78, 5) is 35.5. The summed E-state index contributed by atoms with van der Waals surface area (Å²) in [6.45, 7) is 5.04. The molecular formula is C12H17NO6. The summed E-state index contributed by atoms with van der Waals surface area (Å²) in [5.41, 5.74) is 0.00219. The second kappa shape index (κ2) is 6.33. The van der Waals surface area contributed by atoms with Crippen molar-refractivity contribution in [2.75, 3.05) is 26.8 Å². The summed E-state index contributed by atoms with van der Waals surface area (Å²) in [5, 5.41) is 9.55. The van der Waals surface area contributed by atoms with Gasteiger partial charge in [-0.3, -0.25) is 9.59 Å². The summed E-state index contributed by atoms with van der Waals surface area (Å²) >= 11 is 0. The number of hydrogen-bond donors (Lipinski definition) is 1. The predicted molar refractivity (Wildman–Crippen MR) is 63.9 cm³/mol. The van der Waals surface area contributed by atoms with E-state index in [0.29, 0.717) is 0 Å². The largest absolute Gasteiger partial charge is 0.463 e. The molecule has 0 aliphatic carbocycles. The summed E-state index contributed by atoms with van der Waals surface area (Å²) in [7, 11) is 1.48. The highest BCUT2D eigenvalue weighted by molar-refractivity contribution is 5.91. The minimum Gasteiger partial charge on any atom is -0.463 e. The number of esters is 2. The summed E-state index contributed by atoms with van der Waals surface area (Å²) in [6, 6.07) is 0. The average molecular weight is 271 g/mol. The molecule has 0 aromatic heterocycles. The van der Waals surface area contributed by atoms with E-state index in [0.717, 1.165) is 0 Å². The third kappa shape index (κ3) is 3.54. The van der Waals surface area contributed by atoms with E-state index in [9.17, 15) is 19.5 Å². The minimum absolute atomic E-state index is 0.00219. The number of carbonyl (C=O) groups excluding carboxylic acids is 3. The third-order valence-electron chi connectivity index (χ3n) is 2.74. The molecule has 7 heteroatoms. The highest BCUT2D eigenvalue weighted by Crippen LogP contribution is 2.18. The van der Waals surface area contributed by atoms with Gasteiger partial charge in [0.1, 0.15) is 18.6 Å². The van der Waals surface area contributed by atoms with Crippen LogP contribution in [0.1, 0.15) is 6.92 Å². The molecular weight excluding hydrogens is 254 g/mol. The van der Waals surface area contributed by atoms with E-state index in [1.165, 1.54) is 11.9 Å². The maximum atomic E-state index is 11.7. The van der Waals surface area contributed by atoms with Crippen molar-refractivity contribution in [1.82, 2.24) is 4.90 Å². The summed E-state index contributed by atoms with van der Waals surface area (Å²) < 4.78 is 9.52. The topological polar surface area (TPSA) is 93.1 Å². The zero-order chi connectivity index (χ0) is 14.6. The van der Waals surface area contributed by atoms with Gasteiger partial charge in [-0.1, -0.05) is 6.58 Å². The van der Waals surface area contributed by atoms with E-state index in [-0.39, 0.29) is 25.3 Å². The first-order valence-corrected chi connectivity index (χ1v) is 5.83. The van der Waals surface area contributed by atoms with Crippen molar-refractivity contribution in [3.8, 4) is 0 Å². The predicted octanol–water partition coefficient (Wildman–Crippen LogP) is -0.902. The first-order chi connectivity index (χ1) is 8.88. The molecule has 7 nitrogen and oxygen atoms in total. The number of amides is 1. The maximum absolute atomic E-state index is 11.7. The number of likely N-dealkylation sites (tertiary alicyclic amines) is 1. The number of carbonyl (C=O) groups is 3. The van der Waals surface area contributed by atoms with Crippen LogP contribution in [0.15, 0.2) is 12.2 Å².